The van der Waals surface area contributed by atoms with Gasteiger partial charge in [-0.25, -0.2) is 21.9 Å². The molecule has 21 heavy (non-hydrogen) atoms. The van der Waals surface area contributed by atoms with Gasteiger partial charge in [-0.3, -0.25) is 0 Å². The molecule has 0 aliphatic heterocycles. The number of sulfonamides is 1. The maximum absolute atomic E-state index is 13.4. The van der Waals surface area contributed by atoms with Crippen LogP contribution in [0.15, 0.2) is 48.5 Å². The van der Waals surface area contributed by atoms with Gasteiger partial charge >= 0.3 is 0 Å². The summed E-state index contributed by atoms with van der Waals surface area (Å²) in [4.78, 5) is 0. The number of benzene rings is 2. The van der Waals surface area contributed by atoms with Crippen molar-refractivity contribution in [3.05, 3.63) is 71.3 Å². The first-order chi connectivity index (χ1) is 9.96. The molecule has 0 saturated heterocycles. The van der Waals surface area contributed by atoms with E-state index in [1.54, 1.807) is 30.3 Å². The van der Waals surface area contributed by atoms with E-state index in [1.807, 2.05) is 0 Å². The second-order valence-corrected chi connectivity index (χ2v) is 6.43. The molecule has 0 aromatic heterocycles. The Bertz CT molecular complexity index is 703. The molecule has 2 aromatic carbocycles. The fourth-order valence-electron chi connectivity index (χ4n) is 1.92. The van der Waals surface area contributed by atoms with Crippen molar-refractivity contribution in [1.29, 1.82) is 0 Å². The van der Waals surface area contributed by atoms with Crippen molar-refractivity contribution in [2.24, 2.45) is 0 Å². The van der Waals surface area contributed by atoms with E-state index >= 15 is 0 Å². The van der Waals surface area contributed by atoms with Crippen LogP contribution >= 0.6 is 0 Å². The van der Waals surface area contributed by atoms with Crippen LogP contribution in [0.4, 0.5) is 8.78 Å². The minimum atomic E-state index is -3.49. The molecule has 2 rings (SSSR count). The highest BCUT2D eigenvalue weighted by molar-refractivity contribution is 7.88. The molecule has 0 unspecified atom stereocenters. The molecule has 1 N–H and O–H groups in total. The average Bonchev–Trinajstić information content (AvgIpc) is 2.43. The van der Waals surface area contributed by atoms with Crippen LogP contribution in [0, 0.1) is 11.6 Å². The van der Waals surface area contributed by atoms with Gasteiger partial charge in [-0.05, 0) is 35.7 Å². The summed E-state index contributed by atoms with van der Waals surface area (Å²) in [5.74, 6) is -1.23. The molecule has 112 valence electrons. The minimum Gasteiger partial charge on any atom is -0.215 e. The molecule has 0 saturated carbocycles. The Hall–Kier alpha value is -1.79. The van der Waals surface area contributed by atoms with E-state index in [-0.39, 0.29) is 24.3 Å². The van der Waals surface area contributed by atoms with Crippen LogP contribution < -0.4 is 4.72 Å². The van der Waals surface area contributed by atoms with Gasteiger partial charge in [-0.2, -0.15) is 0 Å². The predicted octanol–water partition coefficient (Wildman–Crippen LogP) is 2.63. The summed E-state index contributed by atoms with van der Waals surface area (Å²) in [5.41, 5.74) is 0.819. The lowest BCUT2D eigenvalue weighted by Gasteiger charge is -2.07. The van der Waals surface area contributed by atoms with Crippen molar-refractivity contribution in [2.45, 2.75) is 12.2 Å². The lowest BCUT2D eigenvalue weighted by Crippen LogP contribution is -2.27. The zero-order valence-electron chi connectivity index (χ0n) is 11.2. The summed E-state index contributed by atoms with van der Waals surface area (Å²) in [6.45, 7) is 0.0234. The maximum atomic E-state index is 13.4. The molecule has 0 fully saturated rings. The van der Waals surface area contributed by atoms with Crippen molar-refractivity contribution in [3.8, 4) is 0 Å². The monoisotopic (exact) mass is 311 g/mol. The molecule has 0 heterocycles. The Morgan fingerprint density at radius 3 is 2.43 bits per heavy atom. The van der Waals surface area contributed by atoms with E-state index in [9.17, 15) is 17.2 Å². The molecule has 0 atom stereocenters. The van der Waals surface area contributed by atoms with Crippen LogP contribution in [0.3, 0.4) is 0 Å². The summed E-state index contributed by atoms with van der Waals surface area (Å²) < 4.78 is 52.5. The molecule has 0 bridgehead atoms. The van der Waals surface area contributed by atoms with Crippen molar-refractivity contribution < 1.29 is 17.2 Å². The molecular formula is C15H15F2NO2S. The first-order valence-corrected chi connectivity index (χ1v) is 8.07. The first kappa shape index (κ1) is 15.6. The molecule has 3 nitrogen and oxygen atoms in total. The number of hydrogen-bond acceptors (Lipinski definition) is 2. The summed E-state index contributed by atoms with van der Waals surface area (Å²) in [7, 11) is -3.49. The first-order valence-electron chi connectivity index (χ1n) is 6.41. The zero-order valence-corrected chi connectivity index (χ0v) is 12.0. The fourth-order valence-corrected chi connectivity index (χ4v) is 3.07. The number of halogens is 2. The maximum Gasteiger partial charge on any atom is 0.215 e. The highest BCUT2D eigenvalue weighted by Crippen LogP contribution is 2.10. The molecule has 0 radical (unpaired) electrons. The molecule has 6 heteroatoms. The molecule has 0 aliphatic carbocycles. The van der Waals surface area contributed by atoms with E-state index in [1.165, 1.54) is 0 Å². The third-order valence-corrected chi connectivity index (χ3v) is 4.28. The SMILES string of the molecule is O=S(=O)(Cc1ccccc1)NCCc1cc(F)ccc1F. The smallest absolute Gasteiger partial charge is 0.215 e. The summed E-state index contributed by atoms with van der Waals surface area (Å²) in [6, 6.07) is 11.9. The minimum absolute atomic E-state index is 0.0234. The number of rotatable bonds is 6. The van der Waals surface area contributed by atoms with Gasteiger partial charge in [0.1, 0.15) is 11.6 Å². The predicted molar refractivity (Wildman–Crippen MR) is 77.1 cm³/mol. The van der Waals surface area contributed by atoms with Gasteiger partial charge in [0.15, 0.2) is 0 Å². The standard InChI is InChI=1S/C15H15F2NO2S/c16-14-6-7-15(17)13(10-14)8-9-18-21(19,20)11-12-4-2-1-3-5-12/h1-7,10,18H,8-9,11H2. The van der Waals surface area contributed by atoms with Crippen LogP contribution in [0.5, 0.6) is 0 Å². The normalized spacial score (nSPS) is 11.5. The van der Waals surface area contributed by atoms with E-state index in [0.29, 0.717) is 5.56 Å². The second kappa shape index (κ2) is 6.78. The molecule has 0 spiro atoms. The Morgan fingerprint density at radius 2 is 1.71 bits per heavy atom. The fraction of sp³-hybridized carbons (Fsp3) is 0.200. The van der Waals surface area contributed by atoms with E-state index in [0.717, 1.165) is 18.2 Å². The van der Waals surface area contributed by atoms with E-state index < -0.39 is 21.7 Å². The van der Waals surface area contributed by atoms with E-state index in [4.69, 9.17) is 0 Å². The van der Waals surface area contributed by atoms with Crippen LogP contribution in [0.25, 0.3) is 0 Å². The van der Waals surface area contributed by atoms with Gasteiger partial charge in [0.25, 0.3) is 0 Å². The third-order valence-electron chi connectivity index (χ3n) is 2.92. The zero-order chi connectivity index (χ0) is 15.3. The van der Waals surface area contributed by atoms with E-state index in [2.05, 4.69) is 4.72 Å². The second-order valence-electron chi connectivity index (χ2n) is 4.62. The molecule has 2 aromatic rings. The summed E-state index contributed by atoms with van der Waals surface area (Å²) in [5, 5.41) is 0. The largest absolute Gasteiger partial charge is 0.215 e. The van der Waals surface area contributed by atoms with Crippen LogP contribution in [0.1, 0.15) is 11.1 Å². The van der Waals surface area contributed by atoms with Crippen molar-refractivity contribution >= 4 is 10.0 Å². The van der Waals surface area contributed by atoms with Crippen molar-refractivity contribution in [2.75, 3.05) is 6.54 Å². The lowest BCUT2D eigenvalue weighted by atomic mass is 10.1. The Morgan fingerprint density at radius 1 is 1.00 bits per heavy atom. The van der Waals surface area contributed by atoms with Crippen molar-refractivity contribution in [1.82, 2.24) is 4.72 Å². The Kier molecular flexibility index (Phi) is 5.03. The highest BCUT2D eigenvalue weighted by Gasteiger charge is 2.11. The molecular weight excluding hydrogens is 296 g/mol. The molecule has 0 aliphatic rings. The lowest BCUT2D eigenvalue weighted by molar-refractivity contribution is 0.572. The summed E-state index contributed by atoms with van der Waals surface area (Å²) in [6.07, 6.45) is 0.0949. The van der Waals surface area contributed by atoms with Gasteiger partial charge < -0.3 is 0 Å². The highest BCUT2D eigenvalue weighted by atomic mass is 32.2. The van der Waals surface area contributed by atoms with Gasteiger partial charge in [0, 0.05) is 6.54 Å². The van der Waals surface area contributed by atoms with Gasteiger partial charge in [-0.15, -0.1) is 0 Å². The van der Waals surface area contributed by atoms with Crippen LogP contribution in [0.2, 0.25) is 0 Å². The molecule has 0 amide bonds. The average molecular weight is 311 g/mol. The van der Waals surface area contributed by atoms with Crippen molar-refractivity contribution in [3.63, 3.8) is 0 Å². The summed E-state index contributed by atoms with van der Waals surface area (Å²) >= 11 is 0. The topological polar surface area (TPSA) is 46.2 Å². The van der Waals surface area contributed by atoms with Gasteiger partial charge in [0.2, 0.25) is 10.0 Å². The van der Waals surface area contributed by atoms with Crippen LogP contribution in [-0.2, 0) is 22.2 Å². The number of nitrogens with one attached hydrogen (secondary N) is 1. The quantitative estimate of drug-likeness (QED) is 0.891. The third kappa shape index (κ3) is 4.91. The van der Waals surface area contributed by atoms with Crippen LogP contribution in [-0.4, -0.2) is 15.0 Å². The Labute approximate surface area is 122 Å². The number of hydrogen-bond donors (Lipinski definition) is 1. The van der Waals surface area contributed by atoms with Gasteiger partial charge in [0.05, 0.1) is 5.75 Å². The van der Waals surface area contributed by atoms with Gasteiger partial charge in [-0.1, -0.05) is 30.3 Å². The Balaban J connectivity index is 1.92.